The first kappa shape index (κ1) is 21.5. The van der Waals surface area contributed by atoms with Gasteiger partial charge < -0.3 is 10.0 Å². The van der Waals surface area contributed by atoms with Gasteiger partial charge in [0.15, 0.2) is 0 Å². The Morgan fingerprint density at radius 2 is 2.03 bits per heavy atom. The number of hydrogen-bond acceptors (Lipinski definition) is 7. The van der Waals surface area contributed by atoms with Crippen LogP contribution in [0.2, 0.25) is 5.02 Å². The first-order chi connectivity index (χ1) is 14.1. The molecule has 1 aromatic heterocycles. The number of carbonyl (C=O) groups excluding carboxylic acids is 1. The van der Waals surface area contributed by atoms with Gasteiger partial charge in [0.05, 0.1) is 28.5 Å². The minimum Gasteiger partial charge on any atom is -0.478 e. The van der Waals surface area contributed by atoms with Crippen molar-refractivity contribution >= 4 is 39.3 Å². The first-order valence-electron chi connectivity index (χ1n) is 8.79. The largest absolute Gasteiger partial charge is 0.478 e. The van der Waals surface area contributed by atoms with Crippen LogP contribution in [0.4, 0.5) is 5.82 Å². The number of benzene rings is 1. The molecule has 3 rings (SSSR count). The highest BCUT2D eigenvalue weighted by Crippen LogP contribution is 2.28. The second kappa shape index (κ2) is 8.30. The Morgan fingerprint density at radius 1 is 1.37 bits per heavy atom. The van der Waals surface area contributed by atoms with Crippen LogP contribution in [0.15, 0.2) is 30.3 Å². The fourth-order valence-corrected chi connectivity index (χ4v) is 4.53. The van der Waals surface area contributed by atoms with Gasteiger partial charge in [-0.05, 0) is 24.6 Å². The Kier molecular flexibility index (Phi) is 5.96. The predicted molar refractivity (Wildman–Crippen MR) is 109 cm³/mol. The van der Waals surface area contributed by atoms with E-state index in [4.69, 9.17) is 16.7 Å². The zero-order valence-electron chi connectivity index (χ0n) is 15.8. The summed E-state index contributed by atoms with van der Waals surface area (Å²) in [7, 11) is -3.93. The van der Waals surface area contributed by atoms with Crippen molar-refractivity contribution in [3.8, 4) is 6.07 Å². The standard InChI is InChI=1S/C19H17ClN4O5S/c1-11-15(19(26)27)6-13(7-21)17(22-11)24-8-14(9-24)18(25)23-30(28,29)10-12-4-2-3-5-16(12)20/h2-6,14H,8-10H2,1H3,(H,23,25)(H,26,27). The molecule has 0 atom stereocenters. The maximum Gasteiger partial charge on any atom is 0.337 e. The van der Waals surface area contributed by atoms with E-state index < -0.39 is 33.6 Å². The number of amides is 1. The smallest absolute Gasteiger partial charge is 0.337 e. The summed E-state index contributed by atoms with van der Waals surface area (Å²) in [5, 5.41) is 18.7. The molecule has 0 bridgehead atoms. The number of nitrogens with zero attached hydrogens (tertiary/aromatic N) is 3. The molecule has 9 nitrogen and oxygen atoms in total. The van der Waals surface area contributed by atoms with Crippen molar-refractivity contribution in [2.75, 3.05) is 18.0 Å². The summed E-state index contributed by atoms with van der Waals surface area (Å²) in [4.78, 5) is 29.4. The van der Waals surface area contributed by atoms with Gasteiger partial charge in [-0.25, -0.2) is 18.2 Å². The molecule has 30 heavy (non-hydrogen) atoms. The second-order valence-electron chi connectivity index (χ2n) is 6.83. The predicted octanol–water partition coefficient (Wildman–Crippen LogP) is 1.70. The number of carboxylic acid groups (broad SMARTS) is 1. The SMILES string of the molecule is Cc1nc(N2CC(C(=O)NS(=O)(=O)Cc3ccccc3Cl)C2)c(C#N)cc1C(=O)O. The van der Waals surface area contributed by atoms with Crippen molar-refractivity contribution in [1.82, 2.24) is 9.71 Å². The van der Waals surface area contributed by atoms with E-state index in [-0.39, 0.29) is 35.7 Å². The van der Waals surface area contributed by atoms with Crippen LogP contribution in [-0.2, 0) is 20.6 Å². The number of rotatable bonds is 6. The first-order valence-corrected chi connectivity index (χ1v) is 10.8. The number of sulfonamides is 1. The van der Waals surface area contributed by atoms with Gasteiger partial charge in [0.2, 0.25) is 15.9 Å². The number of aromatic carboxylic acids is 1. The molecular formula is C19H17ClN4O5S. The number of nitriles is 1. The summed E-state index contributed by atoms with van der Waals surface area (Å²) in [6, 6.07) is 9.60. The summed E-state index contributed by atoms with van der Waals surface area (Å²) in [6.45, 7) is 1.82. The number of aromatic nitrogens is 1. The quantitative estimate of drug-likeness (QED) is 0.680. The maximum atomic E-state index is 12.3. The highest BCUT2D eigenvalue weighted by molar-refractivity contribution is 7.89. The van der Waals surface area contributed by atoms with Crippen molar-refractivity contribution < 1.29 is 23.1 Å². The van der Waals surface area contributed by atoms with Crippen molar-refractivity contribution in [2.24, 2.45) is 5.92 Å². The molecule has 11 heteroatoms. The molecule has 0 saturated carbocycles. The number of anilines is 1. The van der Waals surface area contributed by atoms with Gasteiger partial charge in [0.1, 0.15) is 11.9 Å². The number of halogens is 1. The molecule has 2 heterocycles. The molecule has 0 spiro atoms. The van der Waals surface area contributed by atoms with Gasteiger partial charge >= 0.3 is 5.97 Å². The van der Waals surface area contributed by atoms with Crippen LogP contribution in [0.3, 0.4) is 0 Å². The Balaban J connectivity index is 1.66. The van der Waals surface area contributed by atoms with Crippen LogP contribution in [0.5, 0.6) is 0 Å². The molecule has 1 aliphatic rings. The Bertz CT molecular complexity index is 1170. The molecule has 1 aliphatic heterocycles. The van der Waals surface area contributed by atoms with E-state index in [1.54, 1.807) is 29.2 Å². The molecule has 2 aromatic rings. The summed E-state index contributed by atoms with van der Waals surface area (Å²) >= 11 is 5.97. The fraction of sp³-hybridized carbons (Fsp3) is 0.263. The van der Waals surface area contributed by atoms with E-state index in [1.807, 2.05) is 6.07 Å². The molecule has 156 valence electrons. The third kappa shape index (κ3) is 4.53. The average Bonchev–Trinajstić information content (AvgIpc) is 2.61. The molecule has 1 aromatic carbocycles. The lowest BCUT2D eigenvalue weighted by molar-refractivity contribution is -0.123. The van der Waals surface area contributed by atoms with E-state index in [1.165, 1.54) is 13.0 Å². The van der Waals surface area contributed by atoms with Gasteiger partial charge in [-0.1, -0.05) is 29.8 Å². The van der Waals surface area contributed by atoms with Crippen LogP contribution in [0.25, 0.3) is 0 Å². The lowest BCUT2D eigenvalue weighted by atomic mass is 9.98. The van der Waals surface area contributed by atoms with E-state index in [9.17, 15) is 23.3 Å². The van der Waals surface area contributed by atoms with Gasteiger partial charge in [-0.3, -0.25) is 9.52 Å². The minimum absolute atomic E-state index is 0.0724. The molecule has 2 N–H and O–H groups in total. The highest BCUT2D eigenvalue weighted by Gasteiger charge is 2.36. The molecular weight excluding hydrogens is 432 g/mol. The number of nitrogens with one attached hydrogen (secondary N) is 1. The van der Waals surface area contributed by atoms with E-state index in [0.717, 1.165) is 0 Å². The van der Waals surface area contributed by atoms with Crippen LogP contribution in [0.1, 0.15) is 27.2 Å². The van der Waals surface area contributed by atoms with Crippen LogP contribution in [-0.4, -0.2) is 43.5 Å². The Labute approximate surface area is 178 Å². The third-order valence-corrected chi connectivity index (χ3v) is 6.23. The van der Waals surface area contributed by atoms with E-state index >= 15 is 0 Å². The van der Waals surface area contributed by atoms with Gasteiger partial charge in [0.25, 0.3) is 0 Å². The number of carbonyl (C=O) groups is 2. The molecule has 0 unspecified atom stereocenters. The molecule has 0 aliphatic carbocycles. The van der Waals surface area contributed by atoms with Crippen molar-refractivity contribution in [3.05, 3.63) is 57.7 Å². The highest BCUT2D eigenvalue weighted by atomic mass is 35.5. The Morgan fingerprint density at radius 3 is 2.63 bits per heavy atom. The van der Waals surface area contributed by atoms with Gasteiger partial charge in [0, 0.05) is 18.1 Å². The molecule has 0 radical (unpaired) electrons. The van der Waals surface area contributed by atoms with Crippen molar-refractivity contribution in [3.63, 3.8) is 0 Å². The molecule has 1 saturated heterocycles. The van der Waals surface area contributed by atoms with Gasteiger partial charge in [-0.2, -0.15) is 5.26 Å². The lowest BCUT2D eigenvalue weighted by Crippen LogP contribution is -2.55. The van der Waals surface area contributed by atoms with Crippen molar-refractivity contribution in [1.29, 1.82) is 5.26 Å². The maximum absolute atomic E-state index is 12.3. The summed E-state index contributed by atoms with van der Waals surface area (Å²) in [5.41, 5.74) is 0.622. The van der Waals surface area contributed by atoms with Crippen LogP contribution >= 0.6 is 11.6 Å². The second-order valence-corrected chi connectivity index (χ2v) is 8.96. The number of hydrogen-bond donors (Lipinski definition) is 2. The van der Waals surface area contributed by atoms with Crippen LogP contribution in [0, 0.1) is 24.2 Å². The van der Waals surface area contributed by atoms with E-state index in [2.05, 4.69) is 9.71 Å². The number of pyridine rings is 1. The average molecular weight is 449 g/mol. The lowest BCUT2D eigenvalue weighted by Gasteiger charge is -2.39. The van der Waals surface area contributed by atoms with Crippen LogP contribution < -0.4 is 9.62 Å². The summed E-state index contributed by atoms with van der Waals surface area (Å²) in [5.74, 6) is -2.62. The zero-order valence-corrected chi connectivity index (χ0v) is 17.4. The number of carboxylic acids is 1. The summed E-state index contributed by atoms with van der Waals surface area (Å²) < 4.78 is 26.6. The monoisotopic (exact) mass is 448 g/mol. The Hall–Kier alpha value is -3.16. The number of aryl methyl sites for hydroxylation is 1. The minimum atomic E-state index is -3.93. The summed E-state index contributed by atoms with van der Waals surface area (Å²) in [6.07, 6.45) is 0. The van der Waals surface area contributed by atoms with Crippen molar-refractivity contribution in [2.45, 2.75) is 12.7 Å². The normalized spacial score (nSPS) is 14.0. The fourth-order valence-electron chi connectivity index (χ4n) is 3.04. The van der Waals surface area contributed by atoms with Gasteiger partial charge in [-0.15, -0.1) is 0 Å². The molecule has 1 fully saturated rings. The third-order valence-electron chi connectivity index (χ3n) is 4.66. The topological polar surface area (TPSA) is 140 Å². The zero-order chi connectivity index (χ0) is 22.1. The molecule has 1 amide bonds. The van der Waals surface area contributed by atoms with E-state index in [0.29, 0.717) is 10.6 Å².